The van der Waals surface area contributed by atoms with Crippen molar-refractivity contribution in [2.45, 2.75) is 38.1 Å². The van der Waals surface area contributed by atoms with Gasteiger partial charge in [-0.15, -0.1) is 0 Å². The molecule has 0 spiro atoms. The van der Waals surface area contributed by atoms with Crippen LogP contribution in [0.4, 0.5) is 5.69 Å². The summed E-state index contributed by atoms with van der Waals surface area (Å²) in [7, 11) is 0. The van der Waals surface area contributed by atoms with Gasteiger partial charge in [0.2, 0.25) is 0 Å². The lowest BCUT2D eigenvalue weighted by atomic mass is 10.1. The van der Waals surface area contributed by atoms with Crippen molar-refractivity contribution in [2.24, 2.45) is 5.92 Å². The van der Waals surface area contributed by atoms with Crippen molar-refractivity contribution in [1.29, 1.82) is 0 Å². The second kappa shape index (κ2) is 5.84. The zero-order chi connectivity index (χ0) is 17.0. The fourth-order valence-corrected chi connectivity index (χ4v) is 4.38. The maximum atomic E-state index is 4.94. The summed E-state index contributed by atoms with van der Waals surface area (Å²) in [6, 6.07) is 8.94. The molecule has 4 heterocycles. The summed E-state index contributed by atoms with van der Waals surface area (Å²) in [6.45, 7) is 3.38. The molecule has 3 aromatic heterocycles. The zero-order valence-electron chi connectivity index (χ0n) is 14.3. The topological polar surface area (TPSA) is 33.4 Å². The van der Waals surface area contributed by atoms with Gasteiger partial charge in [-0.2, -0.15) is 0 Å². The summed E-state index contributed by atoms with van der Waals surface area (Å²) in [4.78, 5) is 11.7. The number of halogens is 1. The standard InChI is InChI=1S/C20H21BrN4/c1-13-8-18(25(10-13)16-6-7-22-19(21)9-16)17-12-24-11-15(14-2-3-14)4-5-20(24)23-17/h4-7,9,11-14,18H,2-3,8,10H2,1H3/t13-,18+/m0/s1. The summed E-state index contributed by atoms with van der Waals surface area (Å²) < 4.78 is 3.10. The van der Waals surface area contributed by atoms with E-state index in [9.17, 15) is 0 Å². The van der Waals surface area contributed by atoms with E-state index in [1.807, 2.05) is 6.20 Å². The summed E-state index contributed by atoms with van der Waals surface area (Å²) in [6.07, 6.45) is 10.2. The van der Waals surface area contributed by atoms with Crippen molar-refractivity contribution in [3.63, 3.8) is 0 Å². The molecule has 1 aliphatic heterocycles. The highest BCUT2D eigenvalue weighted by Gasteiger charge is 2.33. The maximum Gasteiger partial charge on any atom is 0.137 e. The summed E-state index contributed by atoms with van der Waals surface area (Å²) >= 11 is 3.50. The van der Waals surface area contributed by atoms with E-state index in [-0.39, 0.29) is 0 Å². The Labute approximate surface area is 156 Å². The number of anilines is 1. The third-order valence-corrected chi connectivity index (χ3v) is 5.87. The number of nitrogens with zero attached hydrogens (tertiary/aromatic N) is 4. The highest BCUT2D eigenvalue weighted by atomic mass is 79.9. The van der Waals surface area contributed by atoms with Crippen molar-refractivity contribution in [2.75, 3.05) is 11.4 Å². The van der Waals surface area contributed by atoms with Crippen molar-refractivity contribution >= 4 is 27.3 Å². The molecule has 1 saturated carbocycles. The number of fused-ring (bicyclic) bond motifs is 1. The van der Waals surface area contributed by atoms with Crippen LogP contribution in [-0.2, 0) is 0 Å². The SMILES string of the molecule is C[C@H]1C[C@H](c2cn3cc(C4CC4)ccc3n2)N(c2ccnc(Br)c2)C1. The summed E-state index contributed by atoms with van der Waals surface area (Å²) in [5, 5.41) is 0. The lowest BCUT2D eigenvalue weighted by molar-refractivity contribution is 0.611. The molecule has 0 aromatic carbocycles. The highest BCUT2D eigenvalue weighted by Crippen LogP contribution is 2.41. The molecule has 2 atom stereocenters. The first-order valence-corrected chi connectivity index (χ1v) is 9.83. The zero-order valence-corrected chi connectivity index (χ0v) is 15.9. The van der Waals surface area contributed by atoms with Crippen LogP contribution in [0.3, 0.4) is 0 Å². The van der Waals surface area contributed by atoms with Crippen molar-refractivity contribution < 1.29 is 0 Å². The molecule has 2 fully saturated rings. The van der Waals surface area contributed by atoms with Crippen LogP contribution in [0, 0.1) is 5.92 Å². The van der Waals surface area contributed by atoms with E-state index in [0.717, 1.165) is 29.1 Å². The molecule has 0 unspecified atom stereocenters. The Morgan fingerprint density at radius 2 is 2.04 bits per heavy atom. The van der Waals surface area contributed by atoms with Gasteiger partial charge in [0.05, 0.1) is 11.7 Å². The molecule has 0 radical (unpaired) electrons. The molecule has 0 bridgehead atoms. The van der Waals surface area contributed by atoms with E-state index in [0.29, 0.717) is 12.0 Å². The molecule has 0 amide bonds. The van der Waals surface area contributed by atoms with Gasteiger partial charge in [-0.05, 0) is 70.8 Å². The molecule has 2 aliphatic rings. The van der Waals surface area contributed by atoms with Crippen LogP contribution in [0.2, 0.25) is 0 Å². The molecule has 5 heteroatoms. The van der Waals surface area contributed by atoms with Crippen LogP contribution in [0.5, 0.6) is 0 Å². The number of hydrogen-bond donors (Lipinski definition) is 0. The van der Waals surface area contributed by atoms with Gasteiger partial charge in [0.1, 0.15) is 10.3 Å². The first-order chi connectivity index (χ1) is 12.2. The minimum absolute atomic E-state index is 0.327. The monoisotopic (exact) mass is 396 g/mol. The smallest absolute Gasteiger partial charge is 0.137 e. The van der Waals surface area contributed by atoms with E-state index in [4.69, 9.17) is 4.98 Å². The Morgan fingerprint density at radius 3 is 2.84 bits per heavy atom. The van der Waals surface area contributed by atoms with E-state index in [1.165, 1.54) is 29.8 Å². The molecule has 25 heavy (non-hydrogen) atoms. The fourth-order valence-electron chi connectivity index (χ4n) is 4.03. The molecular formula is C20H21BrN4. The quantitative estimate of drug-likeness (QED) is 0.586. The maximum absolute atomic E-state index is 4.94. The Bertz CT molecular complexity index is 930. The van der Waals surface area contributed by atoms with E-state index >= 15 is 0 Å². The van der Waals surface area contributed by atoms with Gasteiger partial charge >= 0.3 is 0 Å². The Kier molecular flexibility index (Phi) is 3.59. The lowest BCUT2D eigenvalue weighted by Gasteiger charge is -2.25. The van der Waals surface area contributed by atoms with Gasteiger partial charge in [-0.1, -0.05) is 13.0 Å². The van der Waals surface area contributed by atoms with Crippen LogP contribution in [0.15, 0.2) is 47.5 Å². The van der Waals surface area contributed by atoms with E-state index in [2.05, 4.69) is 73.8 Å². The first-order valence-electron chi connectivity index (χ1n) is 9.04. The molecule has 1 aliphatic carbocycles. The number of hydrogen-bond acceptors (Lipinski definition) is 3. The summed E-state index contributed by atoms with van der Waals surface area (Å²) in [5.74, 6) is 1.43. The average molecular weight is 397 g/mol. The molecule has 5 rings (SSSR count). The van der Waals surface area contributed by atoms with Gasteiger partial charge in [0.25, 0.3) is 0 Å². The predicted octanol–water partition coefficient (Wildman–Crippen LogP) is 4.96. The van der Waals surface area contributed by atoms with Crippen LogP contribution >= 0.6 is 15.9 Å². The molecule has 1 saturated heterocycles. The molecule has 0 N–H and O–H groups in total. The lowest BCUT2D eigenvalue weighted by Crippen LogP contribution is -2.23. The first kappa shape index (κ1) is 15.4. The normalized spacial score (nSPS) is 23.5. The molecular weight excluding hydrogens is 376 g/mol. The van der Waals surface area contributed by atoms with Crippen molar-refractivity contribution in [1.82, 2.24) is 14.4 Å². The second-order valence-corrected chi connectivity index (χ2v) is 8.33. The summed E-state index contributed by atoms with van der Waals surface area (Å²) in [5.41, 5.74) is 4.89. The third-order valence-electron chi connectivity index (χ3n) is 5.43. The van der Waals surface area contributed by atoms with Gasteiger partial charge in [0.15, 0.2) is 0 Å². The van der Waals surface area contributed by atoms with Crippen molar-refractivity contribution in [3.8, 4) is 0 Å². The van der Waals surface area contributed by atoms with Gasteiger partial charge in [0, 0.05) is 30.8 Å². The number of pyridine rings is 2. The fraction of sp³-hybridized carbons (Fsp3) is 0.400. The average Bonchev–Trinajstić information content (AvgIpc) is 3.25. The second-order valence-electron chi connectivity index (χ2n) is 7.51. The largest absolute Gasteiger partial charge is 0.362 e. The number of imidazole rings is 1. The third kappa shape index (κ3) is 2.84. The van der Waals surface area contributed by atoms with Crippen LogP contribution in [0.1, 0.15) is 49.4 Å². The van der Waals surface area contributed by atoms with Crippen LogP contribution in [-0.4, -0.2) is 20.9 Å². The van der Waals surface area contributed by atoms with Crippen LogP contribution < -0.4 is 4.90 Å². The molecule has 4 nitrogen and oxygen atoms in total. The highest BCUT2D eigenvalue weighted by molar-refractivity contribution is 9.10. The van der Waals surface area contributed by atoms with Crippen molar-refractivity contribution in [3.05, 3.63) is 58.7 Å². The van der Waals surface area contributed by atoms with E-state index < -0.39 is 0 Å². The number of aromatic nitrogens is 3. The number of rotatable bonds is 3. The Hall–Kier alpha value is -1.88. The minimum Gasteiger partial charge on any atom is -0.362 e. The van der Waals surface area contributed by atoms with Gasteiger partial charge < -0.3 is 9.30 Å². The Balaban J connectivity index is 1.52. The minimum atomic E-state index is 0.327. The van der Waals surface area contributed by atoms with Gasteiger partial charge in [-0.25, -0.2) is 9.97 Å². The van der Waals surface area contributed by atoms with Crippen LogP contribution in [0.25, 0.3) is 5.65 Å². The van der Waals surface area contributed by atoms with Gasteiger partial charge in [-0.3, -0.25) is 0 Å². The van der Waals surface area contributed by atoms with E-state index in [1.54, 1.807) is 0 Å². The molecule has 128 valence electrons. The predicted molar refractivity (Wildman–Crippen MR) is 103 cm³/mol. The Morgan fingerprint density at radius 1 is 1.16 bits per heavy atom. The molecule has 3 aromatic rings.